The van der Waals surface area contributed by atoms with Gasteiger partial charge in [-0.15, -0.1) is 6.42 Å². The molecule has 1 amide bonds. The molecule has 0 spiro atoms. The molecule has 0 aliphatic heterocycles. The molecule has 84 valence electrons. The fourth-order valence-corrected chi connectivity index (χ4v) is 1.53. The van der Waals surface area contributed by atoms with Crippen LogP contribution in [-0.2, 0) is 0 Å². The molecule has 0 aromatic heterocycles. The number of rotatable bonds is 3. The lowest BCUT2D eigenvalue weighted by molar-refractivity contribution is 0.0944. The highest BCUT2D eigenvalue weighted by Crippen LogP contribution is 2.18. The summed E-state index contributed by atoms with van der Waals surface area (Å²) in [6.07, 6.45) is 6.00. The largest absolute Gasteiger partial charge is 0.338 e. The number of carbonyl (C=O) groups excluding carboxylic acids is 1. The number of hydrogen-bond acceptors (Lipinski definition) is 1. The zero-order chi connectivity index (χ0) is 12.1. The predicted octanol–water partition coefficient (Wildman–Crippen LogP) is 2.79. The van der Waals surface area contributed by atoms with Crippen LogP contribution in [0.5, 0.6) is 0 Å². The van der Waals surface area contributed by atoms with Gasteiger partial charge in [0.15, 0.2) is 0 Å². The van der Waals surface area contributed by atoms with Gasteiger partial charge in [-0.25, -0.2) is 0 Å². The monoisotopic (exact) mass is 235 g/mol. The Kier molecular flexibility index (Phi) is 4.39. The Labute approximate surface area is 101 Å². The zero-order valence-electron chi connectivity index (χ0n) is 9.38. The van der Waals surface area contributed by atoms with E-state index in [0.29, 0.717) is 17.0 Å². The smallest absolute Gasteiger partial charge is 0.252 e. The van der Waals surface area contributed by atoms with Crippen molar-refractivity contribution in [1.82, 2.24) is 5.32 Å². The molecule has 0 aliphatic rings. The molecule has 16 heavy (non-hydrogen) atoms. The van der Waals surface area contributed by atoms with E-state index in [4.69, 9.17) is 18.0 Å². The number of nitrogens with one attached hydrogen (secondary N) is 1. The van der Waals surface area contributed by atoms with Gasteiger partial charge in [-0.2, -0.15) is 0 Å². The van der Waals surface area contributed by atoms with Crippen LogP contribution in [0.25, 0.3) is 0 Å². The molecule has 1 aromatic carbocycles. The fourth-order valence-electron chi connectivity index (χ4n) is 1.35. The Morgan fingerprint density at radius 1 is 1.62 bits per heavy atom. The second-order valence-corrected chi connectivity index (χ2v) is 3.92. The first kappa shape index (κ1) is 12.6. The van der Waals surface area contributed by atoms with Crippen LogP contribution in [0.4, 0.5) is 0 Å². The molecule has 0 fully saturated rings. The zero-order valence-corrected chi connectivity index (χ0v) is 10.1. The molecule has 2 nitrogen and oxygen atoms in total. The Morgan fingerprint density at radius 3 is 2.88 bits per heavy atom. The topological polar surface area (TPSA) is 29.1 Å². The lowest BCUT2D eigenvalue weighted by Gasteiger charge is -2.12. The maximum atomic E-state index is 11.9. The molecule has 0 heterocycles. The Balaban J connectivity index is 2.90. The second-order valence-electron chi connectivity index (χ2n) is 3.51. The molecule has 1 rings (SSSR count). The van der Waals surface area contributed by atoms with E-state index in [2.05, 4.69) is 11.2 Å². The first-order valence-electron chi connectivity index (χ1n) is 5.12. The molecule has 1 unspecified atom stereocenters. The SMILES string of the molecule is C#CC(CC)NC(=O)c1cccc(Cl)c1C. The second kappa shape index (κ2) is 5.58. The molecule has 0 bridgehead atoms. The third-order valence-corrected chi connectivity index (χ3v) is 2.84. The van der Waals surface area contributed by atoms with Gasteiger partial charge in [-0.05, 0) is 31.0 Å². The fraction of sp³-hybridized carbons (Fsp3) is 0.308. The van der Waals surface area contributed by atoms with Crippen LogP contribution < -0.4 is 5.32 Å². The average Bonchev–Trinajstić information content (AvgIpc) is 2.29. The minimum Gasteiger partial charge on any atom is -0.338 e. The van der Waals surface area contributed by atoms with Gasteiger partial charge in [0.25, 0.3) is 5.91 Å². The van der Waals surface area contributed by atoms with Crippen molar-refractivity contribution in [1.29, 1.82) is 0 Å². The highest BCUT2D eigenvalue weighted by molar-refractivity contribution is 6.31. The Hall–Kier alpha value is -1.46. The highest BCUT2D eigenvalue weighted by Gasteiger charge is 2.13. The Bertz CT molecular complexity index is 434. The predicted molar refractivity (Wildman–Crippen MR) is 66.6 cm³/mol. The van der Waals surface area contributed by atoms with E-state index in [1.165, 1.54) is 0 Å². The summed E-state index contributed by atoms with van der Waals surface area (Å²) in [6, 6.07) is 5.01. The van der Waals surface area contributed by atoms with Gasteiger partial charge in [-0.1, -0.05) is 30.5 Å². The van der Waals surface area contributed by atoms with E-state index in [0.717, 1.165) is 5.56 Å². The molecular weight excluding hydrogens is 222 g/mol. The van der Waals surface area contributed by atoms with Crippen LogP contribution in [0.1, 0.15) is 29.3 Å². The minimum atomic E-state index is -0.231. The summed E-state index contributed by atoms with van der Waals surface area (Å²) in [7, 11) is 0. The minimum absolute atomic E-state index is 0.176. The van der Waals surface area contributed by atoms with Gasteiger partial charge in [0.2, 0.25) is 0 Å². The third-order valence-electron chi connectivity index (χ3n) is 2.43. The van der Waals surface area contributed by atoms with Crippen LogP contribution in [0.2, 0.25) is 5.02 Å². The third kappa shape index (κ3) is 2.77. The Morgan fingerprint density at radius 2 is 2.31 bits per heavy atom. The van der Waals surface area contributed by atoms with Crippen LogP contribution in [0, 0.1) is 19.3 Å². The van der Waals surface area contributed by atoms with Crippen molar-refractivity contribution in [3.05, 3.63) is 34.3 Å². The summed E-state index contributed by atoms with van der Waals surface area (Å²) >= 11 is 5.94. The number of amides is 1. The lowest BCUT2D eigenvalue weighted by Crippen LogP contribution is -2.33. The van der Waals surface area contributed by atoms with Gasteiger partial charge in [0.05, 0.1) is 6.04 Å². The van der Waals surface area contributed by atoms with Gasteiger partial charge < -0.3 is 5.32 Å². The summed E-state index contributed by atoms with van der Waals surface area (Å²) in [6.45, 7) is 3.74. The van der Waals surface area contributed by atoms with Crippen molar-refractivity contribution in [2.24, 2.45) is 0 Å². The van der Waals surface area contributed by atoms with E-state index < -0.39 is 0 Å². The number of halogens is 1. The molecule has 1 atom stereocenters. The number of terminal acetylenes is 1. The van der Waals surface area contributed by atoms with Gasteiger partial charge in [0.1, 0.15) is 0 Å². The van der Waals surface area contributed by atoms with Crippen molar-refractivity contribution < 1.29 is 4.79 Å². The van der Waals surface area contributed by atoms with Crippen molar-refractivity contribution in [2.45, 2.75) is 26.3 Å². The van der Waals surface area contributed by atoms with E-state index in [1.54, 1.807) is 18.2 Å². The van der Waals surface area contributed by atoms with Crippen molar-refractivity contribution in [3.8, 4) is 12.3 Å². The van der Waals surface area contributed by atoms with Crippen molar-refractivity contribution in [2.75, 3.05) is 0 Å². The van der Waals surface area contributed by atoms with Crippen molar-refractivity contribution in [3.63, 3.8) is 0 Å². The first-order valence-corrected chi connectivity index (χ1v) is 5.50. The van der Waals surface area contributed by atoms with E-state index >= 15 is 0 Å². The number of carbonyl (C=O) groups is 1. The van der Waals surface area contributed by atoms with E-state index in [1.807, 2.05) is 13.8 Å². The molecule has 1 aromatic rings. The molecular formula is C13H14ClNO. The van der Waals surface area contributed by atoms with Crippen molar-refractivity contribution >= 4 is 17.5 Å². The molecule has 1 N–H and O–H groups in total. The molecule has 0 saturated heterocycles. The quantitative estimate of drug-likeness (QED) is 0.802. The van der Waals surface area contributed by atoms with Crippen LogP contribution in [0.3, 0.4) is 0 Å². The first-order chi connectivity index (χ1) is 7.60. The standard InChI is InChI=1S/C13H14ClNO/c1-4-10(5-2)15-13(16)11-7-6-8-12(14)9(11)3/h1,6-8,10H,5H2,2-3H3,(H,15,16). The maximum Gasteiger partial charge on any atom is 0.252 e. The van der Waals surface area contributed by atoms with Gasteiger partial charge in [0, 0.05) is 10.6 Å². The van der Waals surface area contributed by atoms with Gasteiger partial charge in [-0.3, -0.25) is 4.79 Å². The lowest BCUT2D eigenvalue weighted by atomic mass is 10.1. The molecule has 3 heteroatoms. The van der Waals surface area contributed by atoms with Gasteiger partial charge >= 0.3 is 0 Å². The number of hydrogen-bond donors (Lipinski definition) is 1. The molecule has 0 saturated carbocycles. The van der Waals surface area contributed by atoms with E-state index in [9.17, 15) is 4.79 Å². The van der Waals surface area contributed by atoms with Crippen LogP contribution in [0.15, 0.2) is 18.2 Å². The highest BCUT2D eigenvalue weighted by atomic mass is 35.5. The summed E-state index contributed by atoms with van der Waals surface area (Å²) in [5.74, 6) is 2.35. The summed E-state index contributed by atoms with van der Waals surface area (Å²) in [5.41, 5.74) is 1.34. The molecule has 0 radical (unpaired) electrons. The number of benzene rings is 1. The maximum absolute atomic E-state index is 11.9. The molecule has 0 aliphatic carbocycles. The van der Waals surface area contributed by atoms with Crippen LogP contribution in [-0.4, -0.2) is 11.9 Å². The normalized spacial score (nSPS) is 11.6. The van der Waals surface area contributed by atoms with E-state index in [-0.39, 0.29) is 11.9 Å². The summed E-state index contributed by atoms with van der Waals surface area (Å²) in [4.78, 5) is 11.9. The average molecular weight is 236 g/mol. The summed E-state index contributed by atoms with van der Waals surface area (Å²) in [5, 5.41) is 3.35. The van der Waals surface area contributed by atoms with Crippen LogP contribution >= 0.6 is 11.6 Å². The summed E-state index contributed by atoms with van der Waals surface area (Å²) < 4.78 is 0.